The Balaban J connectivity index is 2.84. The number of hydrazine groups is 1. The molecule has 0 saturated carbocycles. The van der Waals surface area contributed by atoms with E-state index in [1.807, 2.05) is 30.3 Å². The van der Waals surface area contributed by atoms with Crippen molar-refractivity contribution >= 4 is 12.0 Å². The Bertz CT molecular complexity index is 408. The molecular weight excluding hydrogens is 234 g/mol. The van der Waals surface area contributed by atoms with Crippen molar-refractivity contribution in [3.63, 3.8) is 0 Å². The molecule has 0 aliphatic heterocycles. The summed E-state index contributed by atoms with van der Waals surface area (Å²) >= 11 is 0. The molecule has 0 heterocycles. The maximum absolute atomic E-state index is 11.7. The number of ether oxygens (including phenoxy) is 1. The van der Waals surface area contributed by atoms with Gasteiger partial charge in [0.15, 0.2) is 6.04 Å². The number of hydrogen-bond donors (Lipinski definition) is 2. The minimum absolute atomic E-state index is 0.219. The molecule has 98 valence electrons. The first-order chi connectivity index (χ1) is 8.56. The van der Waals surface area contributed by atoms with Gasteiger partial charge in [-0.2, -0.15) is 0 Å². The Hall–Kier alpha value is -2.08. The Kier molecular flexibility index (Phi) is 5.13. The Morgan fingerprint density at radius 2 is 1.94 bits per heavy atom. The molecule has 0 fully saturated rings. The Morgan fingerprint density at radius 3 is 2.44 bits per heavy atom. The van der Waals surface area contributed by atoms with Gasteiger partial charge in [0.25, 0.3) is 0 Å². The summed E-state index contributed by atoms with van der Waals surface area (Å²) in [7, 11) is 0. The van der Waals surface area contributed by atoms with Crippen molar-refractivity contribution < 1.29 is 14.3 Å². The molecular formula is C12H17N3O3. The summed E-state index contributed by atoms with van der Waals surface area (Å²) in [6, 6.07) is 7.42. The summed E-state index contributed by atoms with van der Waals surface area (Å²) in [4.78, 5) is 22.8. The molecule has 0 radical (unpaired) electrons. The Labute approximate surface area is 105 Å². The van der Waals surface area contributed by atoms with Crippen molar-refractivity contribution in [1.82, 2.24) is 5.01 Å². The minimum atomic E-state index is -0.912. The number of carbonyl (C=O) groups excluding carboxylic acids is 2. The molecule has 0 aliphatic rings. The van der Waals surface area contributed by atoms with Gasteiger partial charge < -0.3 is 10.5 Å². The van der Waals surface area contributed by atoms with Crippen LogP contribution in [0.5, 0.6) is 0 Å². The summed E-state index contributed by atoms with van der Waals surface area (Å²) < 4.78 is 4.88. The zero-order chi connectivity index (χ0) is 13.5. The first-order valence-electron chi connectivity index (χ1n) is 5.60. The predicted molar refractivity (Wildman–Crippen MR) is 66.2 cm³/mol. The van der Waals surface area contributed by atoms with Gasteiger partial charge in [-0.3, -0.25) is 0 Å². The zero-order valence-electron chi connectivity index (χ0n) is 10.2. The summed E-state index contributed by atoms with van der Waals surface area (Å²) in [5.41, 5.74) is 5.95. The average Bonchev–Trinajstić information content (AvgIpc) is 2.36. The number of hydrogen-bond acceptors (Lipinski definition) is 4. The van der Waals surface area contributed by atoms with Crippen LogP contribution in [-0.2, 0) is 16.0 Å². The van der Waals surface area contributed by atoms with Gasteiger partial charge in [-0.25, -0.2) is 20.4 Å². The highest BCUT2D eigenvalue weighted by molar-refractivity contribution is 5.82. The number of benzene rings is 1. The van der Waals surface area contributed by atoms with Gasteiger partial charge >= 0.3 is 12.0 Å². The van der Waals surface area contributed by atoms with Crippen LogP contribution in [0, 0.1) is 0 Å². The Morgan fingerprint density at radius 1 is 1.33 bits per heavy atom. The number of amides is 2. The van der Waals surface area contributed by atoms with Crippen molar-refractivity contribution in [2.45, 2.75) is 19.4 Å². The summed E-state index contributed by atoms with van der Waals surface area (Å²) in [6.45, 7) is 1.90. The van der Waals surface area contributed by atoms with Crippen molar-refractivity contribution in [3.05, 3.63) is 35.9 Å². The van der Waals surface area contributed by atoms with Gasteiger partial charge in [-0.15, -0.1) is 0 Å². The van der Waals surface area contributed by atoms with Gasteiger partial charge in [-0.1, -0.05) is 30.3 Å². The molecule has 0 aromatic heterocycles. The number of urea groups is 1. The second kappa shape index (κ2) is 6.61. The highest BCUT2D eigenvalue weighted by Gasteiger charge is 2.27. The molecule has 1 atom stereocenters. The van der Waals surface area contributed by atoms with Crippen LogP contribution in [0.25, 0.3) is 0 Å². The monoisotopic (exact) mass is 251 g/mol. The number of esters is 1. The first kappa shape index (κ1) is 14.0. The molecule has 1 aromatic carbocycles. The maximum atomic E-state index is 11.7. The van der Waals surface area contributed by atoms with E-state index >= 15 is 0 Å². The van der Waals surface area contributed by atoms with E-state index in [0.29, 0.717) is 5.01 Å². The molecule has 0 saturated heterocycles. The fourth-order valence-electron chi connectivity index (χ4n) is 1.52. The quantitative estimate of drug-likeness (QED) is 0.343. The molecule has 1 aromatic rings. The van der Waals surface area contributed by atoms with E-state index in [9.17, 15) is 9.59 Å². The lowest BCUT2D eigenvalue weighted by atomic mass is 10.1. The smallest absolute Gasteiger partial charge is 0.330 e. The lowest BCUT2D eigenvalue weighted by Crippen LogP contribution is -2.53. The molecule has 6 nitrogen and oxygen atoms in total. The van der Waals surface area contributed by atoms with Gasteiger partial charge in [0.2, 0.25) is 0 Å². The molecule has 2 amide bonds. The summed E-state index contributed by atoms with van der Waals surface area (Å²) in [5, 5.41) is 0.699. The van der Waals surface area contributed by atoms with Crippen LogP contribution in [-0.4, -0.2) is 29.7 Å². The van der Waals surface area contributed by atoms with E-state index in [4.69, 9.17) is 16.3 Å². The van der Waals surface area contributed by atoms with Crippen molar-refractivity contribution in [2.24, 2.45) is 11.6 Å². The highest BCUT2D eigenvalue weighted by Crippen LogP contribution is 2.08. The first-order valence-corrected chi connectivity index (χ1v) is 5.60. The molecule has 1 rings (SSSR count). The molecule has 18 heavy (non-hydrogen) atoms. The normalized spacial score (nSPS) is 11.7. The molecule has 6 heteroatoms. The fraction of sp³-hybridized carbons (Fsp3) is 0.333. The van der Waals surface area contributed by atoms with Crippen LogP contribution in [0.2, 0.25) is 0 Å². The largest absolute Gasteiger partial charge is 0.464 e. The minimum Gasteiger partial charge on any atom is -0.464 e. The standard InChI is InChI=1S/C12H17N3O3/c1-2-18-11(16)10(15(14)12(13)17)8-9-6-4-3-5-7-9/h3-7,10H,2,8,14H2,1H3,(H2,13,17). The maximum Gasteiger partial charge on any atom is 0.330 e. The lowest BCUT2D eigenvalue weighted by molar-refractivity contribution is -0.148. The molecule has 0 aliphatic carbocycles. The predicted octanol–water partition coefficient (Wildman–Crippen LogP) is 0.415. The third-order valence-corrected chi connectivity index (χ3v) is 2.42. The van der Waals surface area contributed by atoms with Crippen LogP contribution in [0.4, 0.5) is 4.79 Å². The van der Waals surface area contributed by atoms with Crippen molar-refractivity contribution in [1.29, 1.82) is 0 Å². The van der Waals surface area contributed by atoms with E-state index in [-0.39, 0.29) is 13.0 Å². The van der Waals surface area contributed by atoms with E-state index in [2.05, 4.69) is 0 Å². The summed E-state index contributed by atoms with van der Waals surface area (Å²) in [5.74, 6) is 4.93. The van der Waals surface area contributed by atoms with Crippen LogP contribution in [0.1, 0.15) is 12.5 Å². The third-order valence-electron chi connectivity index (χ3n) is 2.42. The third kappa shape index (κ3) is 3.74. The topological polar surface area (TPSA) is 98.7 Å². The lowest BCUT2D eigenvalue weighted by Gasteiger charge is -2.24. The van der Waals surface area contributed by atoms with Crippen molar-refractivity contribution in [2.75, 3.05) is 6.61 Å². The second-order valence-electron chi connectivity index (χ2n) is 3.70. The van der Waals surface area contributed by atoms with Gasteiger partial charge in [0.1, 0.15) is 0 Å². The summed E-state index contributed by atoms with van der Waals surface area (Å²) in [6.07, 6.45) is 0.263. The van der Waals surface area contributed by atoms with E-state index in [1.54, 1.807) is 6.92 Å². The van der Waals surface area contributed by atoms with Crippen LogP contribution in [0.15, 0.2) is 30.3 Å². The second-order valence-corrected chi connectivity index (χ2v) is 3.70. The number of rotatable bonds is 5. The average molecular weight is 251 g/mol. The highest BCUT2D eigenvalue weighted by atomic mass is 16.5. The SMILES string of the molecule is CCOC(=O)C(Cc1ccccc1)N(N)C(N)=O. The van der Waals surface area contributed by atoms with E-state index in [1.165, 1.54) is 0 Å². The number of nitrogens with zero attached hydrogens (tertiary/aromatic N) is 1. The molecule has 0 bridgehead atoms. The van der Waals surface area contributed by atoms with Crippen molar-refractivity contribution in [3.8, 4) is 0 Å². The van der Waals surface area contributed by atoms with Crippen LogP contribution in [0.3, 0.4) is 0 Å². The zero-order valence-corrected chi connectivity index (χ0v) is 10.2. The molecule has 1 unspecified atom stereocenters. The van der Waals surface area contributed by atoms with Crippen LogP contribution < -0.4 is 11.6 Å². The number of carbonyl (C=O) groups is 2. The van der Waals surface area contributed by atoms with Gasteiger partial charge in [0, 0.05) is 6.42 Å². The van der Waals surface area contributed by atoms with Gasteiger partial charge in [-0.05, 0) is 12.5 Å². The van der Waals surface area contributed by atoms with E-state index in [0.717, 1.165) is 5.56 Å². The molecule has 0 spiro atoms. The number of nitrogens with two attached hydrogens (primary N) is 2. The van der Waals surface area contributed by atoms with Crippen LogP contribution >= 0.6 is 0 Å². The van der Waals surface area contributed by atoms with E-state index < -0.39 is 18.0 Å². The number of primary amides is 1. The molecule has 4 N–H and O–H groups in total. The van der Waals surface area contributed by atoms with Gasteiger partial charge in [0.05, 0.1) is 6.61 Å². The fourth-order valence-corrected chi connectivity index (χ4v) is 1.52.